The van der Waals surface area contributed by atoms with Gasteiger partial charge in [0.05, 0.1) is 11.5 Å². The zero-order chi connectivity index (χ0) is 23.7. The van der Waals surface area contributed by atoms with Crippen LogP contribution in [0.1, 0.15) is 30.0 Å². The lowest BCUT2D eigenvalue weighted by atomic mass is 9.94. The number of carbonyl (C=O) groups excluding carboxylic acids is 1. The molecule has 0 aromatic heterocycles. The molecule has 0 spiro atoms. The predicted molar refractivity (Wildman–Crippen MR) is 131 cm³/mol. The zero-order valence-electron chi connectivity index (χ0n) is 19.2. The largest absolute Gasteiger partial charge is 0.494 e. The maximum atomic E-state index is 14.0. The van der Waals surface area contributed by atoms with Gasteiger partial charge in [-0.25, -0.2) is 8.42 Å². The average molecular weight is 477 g/mol. The van der Waals surface area contributed by atoms with E-state index in [4.69, 9.17) is 4.74 Å². The summed E-state index contributed by atoms with van der Waals surface area (Å²) in [6.07, 6.45) is 2.13. The maximum absolute atomic E-state index is 14.0. The van der Waals surface area contributed by atoms with Crippen LogP contribution in [0.3, 0.4) is 0 Å². The van der Waals surface area contributed by atoms with Crippen molar-refractivity contribution < 1.29 is 17.9 Å². The van der Waals surface area contributed by atoms with Crippen LogP contribution in [0.4, 0.5) is 5.69 Å². The Morgan fingerprint density at radius 1 is 0.941 bits per heavy atom. The maximum Gasteiger partial charge on any atom is 0.245 e. The summed E-state index contributed by atoms with van der Waals surface area (Å²) >= 11 is 0. The van der Waals surface area contributed by atoms with E-state index < -0.39 is 16.1 Å². The number of hydrogen-bond acceptors (Lipinski definition) is 4. The van der Waals surface area contributed by atoms with Crippen molar-refractivity contribution in [3.63, 3.8) is 0 Å². The number of sulfonamides is 1. The van der Waals surface area contributed by atoms with Crippen LogP contribution < -0.4 is 9.64 Å². The molecule has 0 aliphatic carbocycles. The van der Waals surface area contributed by atoms with Gasteiger partial charge >= 0.3 is 0 Å². The molecular weight excluding hydrogens is 448 g/mol. The molecule has 7 heteroatoms. The standard InChI is InChI=1S/C27H28N2O4S/c1-2-33-23-13-15-24(16-14-23)34(31,32)29-19-22-10-4-3-9-21(22)18-26(29)27(30)28-17-7-11-20-8-5-6-12-25(20)28/h3-6,8-10,12-16,26H,2,7,11,17-19H2,1H3/t26-/m1/s1. The van der Waals surface area contributed by atoms with Crippen molar-refractivity contribution in [3.8, 4) is 5.75 Å². The van der Waals surface area contributed by atoms with E-state index in [9.17, 15) is 13.2 Å². The Balaban J connectivity index is 1.54. The van der Waals surface area contributed by atoms with Crippen molar-refractivity contribution in [3.05, 3.63) is 89.5 Å². The Morgan fingerprint density at radius 3 is 2.35 bits per heavy atom. The zero-order valence-corrected chi connectivity index (χ0v) is 20.0. The molecule has 1 amide bonds. The van der Waals surface area contributed by atoms with E-state index in [0.29, 0.717) is 25.3 Å². The average Bonchev–Trinajstić information content (AvgIpc) is 2.87. The van der Waals surface area contributed by atoms with Gasteiger partial charge in [-0.2, -0.15) is 4.31 Å². The van der Waals surface area contributed by atoms with Crippen molar-refractivity contribution in [2.45, 2.75) is 43.7 Å². The van der Waals surface area contributed by atoms with Crippen LogP contribution in [0.15, 0.2) is 77.7 Å². The van der Waals surface area contributed by atoms with Gasteiger partial charge < -0.3 is 9.64 Å². The highest BCUT2D eigenvalue weighted by Crippen LogP contribution is 2.33. The van der Waals surface area contributed by atoms with Gasteiger partial charge in [-0.05, 0) is 73.2 Å². The molecule has 0 fully saturated rings. The van der Waals surface area contributed by atoms with Crippen LogP contribution in [0.5, 0.6) is 5.75 Å². The number of benzene rings is 3. The second-order valence-corrected chi connectivity index (χ2v) is 10.6. The highest BCUT2D eigenvalue weighted by molar-refractivity contribution is 7.89. The number of para-hydroxylation sites is 1. The number of carbonyl (C=O) groups is 1. The van der Waals surface area contributed by atoms with Crippen molar-refractivity contribution in [1.82, 2.24) is 4.31 Å². The summed E-state index contributed by atoms with van der Waals surface area (Å²) in [5, 5.41) is 0. The number of rotatable bonds is 5. The van der Waals surface area contributed by atoms with Crippen LogP contribution in [0.2, 0.25) is 0 Å². The van der Waals surface area contributed by atoms with E-state index >= 15 is 0 Å². The van der Waals surface area contributed by atoms with Gasteiger partial charge in [-0.3, -0.25) is 4.79 Å². The summed E-state index contributed by atoms with van der Waals surface area (Å²) in [7, 11) is -3.92. The quantitative estimate of drug-likeness (QED) is 0.554. The molecule has 176 valence electrons. The number of ether oxygens (including phenoxy) is 1. The molecule has 6 nitrogen and oxygen atoms in total. The normalized spacial score (nSPS) is 18.1. The minimum atomic E-state index is -3.92. The molecule has 0 unspecified atom stereocenters. The third kappa shape index (κ3) is 4.10. The van der Waals surface area contributed by atoms with Crippen LogP contribution >= 0.6 is 0 Å². The molecule has 0 saturated heterocycles. The third-order valence-corrected chi connectivity index (χ3v) is 8.48. The first kappa shape index (κ1) is 22.6. The Labute approximate surface area is 200 Å². The summed E-state index contributed by atoms with van der Waals surface area (Å²) in [6.45, 7) is 3.14. The minimum absolute atomic E-state index is 0.159. The number of hydrogen-bond donors (Lipinski definition) is 0. The van der Waals surface area contributed by atoms with E-state index in [2.05, 4.69) is 0 Å². The number of nitrogens with zero attached hydrogens (tertiary/aromatic N) is 2. The Bertz CT molecular complexity index is 1300. The monoisotopic (exact) mass is 476 g/mol. The number of amides is 1. The van der Waals surface area contributed by atoms with E-state index in [1.165, 1.54) is 4.31 Å². The summed E-state index contributed by atoms with van der Waals surface area (Å²) < 4.78 is 34.5. The number of aryl methyl sites for hydroxylation is 1. The summed E-state index contributed by atoms with van der Waals surface area (Å²) in [5.74, 6) is 0.444. The highest BCUT2D eigenvalue weighted by atomic mass is 32.2. The first-order valence-electron chi connectivity index (χ1n) is 11.7. The van der Waals surface area contributed by atoms with Gasteiger partial charge in [0.25, 0.3) is 0 Å². The lowest BCUT2D eigenvalue weighted by Crippen LogP contribution is -2.54. The van der Waals surface area contributed by atoms with Crippen molar-refractivity contribution >= 4 is 21.6 Å². The summed E-state index contributed by atoms with van der Waals surface area (Å²) in [6, 6.07) is 21.3. The molecule has 0 N–H and O–H groups in total. The molecule has 2 heterocycles. The lowest BCUT2D eigenvalue weighted by Gasteiger charge is -2.39. The minimum Gasteiger partial charge on any atom is -0.494 e. The molecule has 1 atom stereocenters. The van der Waals surface area contributed by atoms with Crippen LogP contribution in [0, 0.1) is 0 Å². The van der Waals surface area contributed by atoms with E-state index in [1.54, 1.807) is 29.2 Å². The lowest BCUT2D eigenvalue weighted by molar-refractivity contribution is -0.122. The third-order valence-electron chi connectivity index (χ3n) is 6.61. The van der Waals surface area contributed by atoms with Gasteiger partial charge in [-0.15, -0.1) is 0 Å². The summed E-state index contributed by atoms with van der Waals surface area (Å²) in [5.41, 5.74) is 3.96. The van der Waals surface area contributed by atoms with Crippen LogP contribution in [-0.2, 0) is 34.2 Å². The summed E-state index contributed by atoms with van der Waals surface area (Å²) in [4.78, 5) is 15.9. The van der Waals surface area contributed by atoms with Gasteiger partial charge in [-0.1, -0.05) is 42.5 Å². The van der Waals surface area contributed by atoms with E-state index in [-0.39, 0.29) is 17.3 Å². The second-order valence-electron chi connectivity index (χ2n) is 8.67. The Kier molecular flexibility index (Phi) is 6.15. The molecule has 34 heavy (non-hydrogen) atoms. The molecule has 0 radical (unpaired) electrons. The topological polar surface area (TPSA) is 66.9 Å². The number of anilines is 1. The Morgan fingerprint density at radius 2 is 1.62 bits per heavy atom. The fourth-order valence-corrected chi connectivity index (χ4v) is 6.47. The molecule has 5 rings (SSSR count). The first-order valence-corrected chi connectivity index (χ1v) is 13.1. The first-order chi connectivity index (χ1) is 16.5. The highest BCUT2D eigenvalue weighted by Gasteiger charge is 2.42. The molecule has 2 aliphatic heterocycles. The molecule has 0 bridgehead atoms. The van der Waals surface area contributed by atoms with Gasteiger partial charge in [0.2, 0.25) is 15.9 Å². The second kappa shape index (κ2) is 9.24. The SMILES string of the molecule is CCOc1ccc(S(=O)(=O)N2Cc3ccccc3C[C@@H]2C(=O)N2CCCc3ccccc32)cc1. The Hall–Kier alpha value is -3.16. The molecule has 3 aromatic rings. The van der Waals surface area contributed by atoms with E-state index in [0.717, 1.165) is 35.2 Å². The van der Waals surface area contributed by atoms with Crippen LogP contribution in [0.25, 0.3) is 0 Å². The van der Waals surface area contributed by atoms with E-state index in [1.807, 2.05) is 55.5 Å². The van der Waals surface area contributed by atoms with Crippen molar-refractivity contribution in [2.24, 2.45) is 0 Å². The molecular formula is C27H28N2O4S. The number of fused-ring (bicyclic) bond motifs is 2. The molecule has 3 aromatic carbocycles. The van der Waals surface area contributed by atoms with Gasteiger partial charge in [0, 0.05) is 18.8 Å². The van der Waals surface area contributed by atoms with Gasteiger partial charge in [0.1, 0.15) is 11.8 Å². The molecule has 2 aliphatic rings. The van der Waals surface area contributed by atoms with Crippen molar-refractivity contribution in [1.29, 1.82) is 0 Å². The fraction of sp³-hybridized carbons (Fsp3) is 0.296. The molecule has 0 saturated carbocycles. The smallest absolute Gasteiger partial charge is 0.245 e. The van der Waals surface area contributed by atoms with Crippen LogP contribution in [-0.4, -0.2) is 37.8 Å². The van der Waals surface area contributed by atoms with Gasteiger partial charge in [0.15, 0.2) is 0 Å². The fourth-order valence-electron chi connectivity index (χ4n) is 4.91. The van der Waals surface area contributed by atoms with Crippen molar-refractivity contribution in [2.75, 3.05) is 18.1 Å². The predicted octanol–water partition coefficient (Wildman–Crippen LogP) is 4.18.